The van der Waals surface area contributed by atoms with Gasteiger partial charge in [-0.2, -0.15) is 0 Å². The molecule has 1 aliphatic heterocycles. The van der Waals surface area contributed by atoms with Crippen molar-refractivity contribution in [1.82, 2.24) is 4.98 Å². The van der Waals surface area contributed by atoms with E-state index in [2.05, 4.69) is 4.98 Å². The van der Waals surface area contributed by atoms with Gasteiger partial charge in [0.05, 0.1) is 0 Å². The second kappa shape index (κ2) is 3.17. The zero-order valence-electron chi connectivity index (χ0n) is 8.49. The number of oxazole rings is 1. The number of ether oxygens (including phenoxy) is 1. The van der Waals surface area contributed by atoms with Crippen LogP contribution in [0.25, 0.3) is 0 Å². The Morgan fingerprint density at radius 3 is 2.87 bits per heavy atom. The van der Waals surface area contributed by atoms with Gasteiger partial charge in [-0.3, -0.25) is 4.79 Å². The standard InChI is InChI=1S/C11H13NO3/c13-8-5-11(1-3-14-4-2-11)6-9-10(8)12-7-15-9/h7H,1-6H2. The maximum Gasteiger partial charge on any atom is 0.185 e. The summed E-state index contributed by atoms with van der Waals surface area (Å²) in [7, 11) is 0. The van der Waals surface area contributed by atoms with E-state index in [0.717, 1.165) is 38.2 Å². The highest BCUT2D eigenvalue weighted by molar-refractivity contribution is 5.96. The number of carbonyl (C=O) groups excluding carboxylic acids is 1. The van der Waals surface area contributed by atoms with E-state index in [4.69, 9.17) is 9.15 Å². The number of ketones is 1. The lowest BCUT2D eigenvalue weighted by Crippen LogP contribution is -2.37. The first-order chi connectivity index (χ1) is 7.29. The number of hydrogen-bond donors (Lipinski definition) is 0. The predicted octanol–water partition coefficient (Wildman–Crippen LogP) is 1.60. The number of carbonyl (C=O) groups is 1. The molecule has 0 unspecified atom stereocenters. The van der Waals surface area contributed by atoms with Crippen LogP contribution in [0.15, 0.2) is 10.8 Å². The number of hydrogen-bond acceptors (Lipinski definition) is 4. The maximum atomic E-state index is 11.9. The Labute approximate surface area is 87.6 Å². The minimum atomic E-state index is 0.0852. The number of aromatic nitrogens is 1. The van der Waals surface area contributed by atoms with Crippen molar-refractivity contribution in [1.29, 1.82) is 0 Å². The van der Waals surface area contributed by atoms with Crippen molar-refractivity contribution in [2.75, 3.05) is 13.2 Å². The minimum absolute atomic E-state index is 0.0852. The third kappa shape index (κ3) is 1.40. The van der Waals surface area contributed by atoms with E-state index >= 15 is 0 Å². The average Bonchev–Trinajstić information content (AvgIpc) is 2.67. The SMILES string of the molecule is O=C1CC2(CCOCC2)Cc2ocnc21. The highest BCUT2D eigenvalue weighted by Gasteiger charge is 2.41. The molecule has 0 atom stereocenters. The smallest absolute Gasteiger partial charge is 0.185 e. The van der Waals surface area contributed by atoms with Crippen molar-refractivity contribution in [2.45, 2.75) is 25.7 Å². The molecule has 15 heavy (non-hydrogen) atoms. The molecule has 0 aromatic carbocycles. The molecule has 0 amide bonds. The van der Waals surface area contributed by atoms with Crippen molar-refractivity contribution in [3.05, 3.63) is 17.8 Å². The molecule has 0 radical (unpaired) electrons. The van der Waals surface area contributed by atoms with Gasteiger partial charge in [0.2, 0.25) is 0 Å². The van der Waals surface area contributed by atoms with Crippen LogP contribution in [0, 0.1) is 5.41 Å². The Morgan fingerprint density at radius 1 is 1.27 bits per heavy atom. The largest absolute Gasteiger partial charge is 0.448 e. The summed E-state index contributed by atoms with van der Waals surface area (Å²) in [5.41, 5.74) is 0.633. The second-order valence-electron chi connectivity index (χ2n) is 4.51. The van der Waals surface area contributed by atoms with E-state index < -0.39 is 0 Å². The van der Waals surface area contributed by atoms with Gasteiger partial charge >= 0.3 is 0 Å². The van der Waals surface area contributed by atoms with Gasteiger partial charge in [-0.25, -0.2) is 4.98 Å². The lowest BCUT2D eigenvalue weighted by Gasteiger charge is -2.38. The van der Waals surface area contributed by atoms with Crippen molar-refractivity contribution in [3.63, 3.8) is 0 Å². The van der Waals surface area contributed by atoms with Crippen LogP contribution < -0.4 is 0 Å². The zero-order chi connectivity index (χ0) is 10.3. The predicted molar refractivity (Wildman–Crippen MR) is 51.6 cm³/mol. The summed E-state index contributed by atoms with van der Waals surface area (Å²) in [4.78, 5) is 15.8. The number of fused-ring (bicyclic) bond motifs is 1. The van der Waals surface area contributed by atoms with Crippen LogP contribution >= 0.6 is 0 Å². The van der Waals surface area contributed by atoms with Gasteiger partial charge in [-0.15, -0.1) is 0 Å². The van der Waals surface area contributed by atoms with Crippen molar-refractivity contribution >= 4 is 5.78 Å². The third-order valence-electron chi connectivity index (χ3n) is 3.53. The Morgan fingerprint density at radius 2 is 2.07 bits per heavy atom. The van der Waals surface area contributed by atoms with Crippen molar-refractivity contribution in [3.8, 4) is 0 Å². The van der Waals surface area contributed by atoms with E-state index in [1.807, 2.05) is 0 Å². The van der Waals surface area contributed by atoms with Gasteiger partial charge in [-0.05, 0) is 18.3 Å². The quantitative estimate of drug-likeness (QED) is 0.648. The summed E-state index contributed by atoms with van der Waals surface area (Å²) in [6, 6.07) is 0. The van der Waals surface area contributed by atoms with Gasteiger partial charge in [0.1, 0.15) is 11.5 Å². The summed E-state index contributed by atoms with van der Waals surface area (Å²) >= 11 is 0. The molecule has 4 heteroatoms. The van der Waals surface area contributed by atoms with E-state index in [-0.39, 0.29) is 11.2 Å². The molecule has 1 spiro atoms. The van der Waals surface area contributed by atoms with Gasteiger partial charge in [-0.1, -0.05) is 0 Å². The molecule has 3 rings (SSSR count). The molecule has 0 bridgehead atoms. The van der Waals surface area contributed by atoms with E-state index in [0.29, 0.717) is 12.1 Å². The van der Waals surface area contributed by atoms with Crippen LogP contribution in [-0.2, 0) is 11.2 Å². The molecule has 0 saturated carbocycles. The summed E-state index contributed by atoms with van der Waals surface area (Å²) in [6.45, 7) is 1.52. The first-order valence-electron chi connectivity index (χ1n) is 5.32. The van der Waals surface area contributed by atoms with Gasteiger partial charge in [0, 0.05) is 26.1 Å². The molecule has 4 nitrogen and oxygen atoms in total. The van der Waals surface area contributed by atoms with Crippen molar-refractivity contribution < 1.29 is 13.9 Å². The maximum absolute atomic E-state index is 11.9. The van der Waals surface area contributed by atoms with Crippen LogP contribution in [-0.4, -0.2) is 24.0 Å². The molecule has 80 valence electrons. The Kier molecular flexibility index (Phi) is 1.92. The fraction of sp³-hybridized carbons (Fsp3) is 0.636. The second-order valence-corrected chi connectivity index (χ2v) is 4.51. The van der Waals surface area contributed by atoms with Crippen LogP contribution in [0.1, 0.15) is 35.5 Å². The highest BCUT2D eigenvalue weighted by Crippen LogP contribution is 2.42. The highest BCUT2D eigenvalue weighted by atomic mass is 16.5. The average molecular weight is 207 g/mol. The number of rotatable bonds is 0. The number of Topliss-reactive ketones (excluding diaryl/α,β-unsaturated/α-hetero) is 1. The molecular formula is C11H13NO3. The molecule has 1 saturated heterocycles. The van der Waals surface area contributed by atoms with Gasteiger partial charge in [0.25, 0.3) is 0 Å². The Hall–Kier alpha value is -1.16. The summed E-state index contributed by atoms with van der Waals surface area (Å²) in [5, 5.41) is 0. The molecule has 1 aliphatic carbocycles. The summed E-state index contributed by atoms with van der Waals surface area (Å²) < 4.78 is 10.6. The molecule has 1 aromatic heterocycles. The monoisotopic (exact) mass is 207 g/mol. The van der Waals surface area contributed by atoms with Gasteiger partial charge in [0.15, 0.2) is 12.2 Å². The van der Waals surface area contributed by atoms with E-state index in [1.54, 1.807) is 0 Å². The van der Waals surface area contributed by atoms with Crippen LogP contribution in [0.4, 0.5) is 0 Å². The lowest BCUT2D eigenvalue weighted by atomic mass is 9.69. The zero-order valence-corrected chi connectivity index (χ0v) is 8.49. The lowest BCUT2D eigenvalue weighted by molar-refractivity contribution is 0.00662. The number of nitrogens with zero attached hydrogens (tertiary/aromatic N) is 1. The molecule has 0 N–H and O–H groups in total. The van der Waals surface area contributed by atoms with Crippen LogP contribution in [0.5, 0.6) is 0 Å². The normalized spacial score (nSPS) is 24.1. The molecule has 1 fully saturated rings. The molecular weight excluding hydrogens is 194 g/mol. The van der Waals surface area contributed by atoms with Crippen LogP contribution in [0.2, 0.25) is 0 Å². The van der Waals surface area contributed by atoms with E-state index in [9.17, 15) is 4.79 Å². The van der Waals surface area contributed by atoms with Crippen molar-refractivity contribution in [2.24, 2.45) is 5.41 Å². The Bertz CT molecular complexity index is 390. The molecule has 2 heterocycles. The van der Waals surface area contributed by atoms with E-state index in [1.165, 1.54) is 6.39 Å². The molecule has 2 aliphatic rings. The summed E-state index contributed by atoms with van der Waals surface area (Å²) in [5.74, 6) is 0.903. The summed E-state index contributed by atoms with van der Waals surface area (Å²) in [6.07, 6.45) is 4.74. The van der Waals surface area contributed by atoms with Gasteiger partial charge < -0.3 is 9.15 Å². The first-order valence-corrected chi connectivity index (χ1v) is 5.32. The third-order valence-corrected chi connectivity index (χ3v) is 3.53. The fourth-order valence-corrected chi connectivity index (χ4v) is 2.61. The minimum Gasteiger partial charge on any atom is -0.448 e. The fourth-order valence-electron chi connectivity index (χ4n) is 2.61. The van der Waals surface area contributed by atoms with Crippen LogP contribution in [0.3, 0.4) is 0 Å². The molecule has 1 aromatic rings. The Balaban J connectivity index is 1.94. The first kappa shape index (κ1) is 9.09. The topological polar surface area (TPSA) is 52.3 Å².